The molecular formula is C26H36Cl2N4O3. The first-order valence-electron chi connectivity index (χ1n) is 11.9. The predicted octanol–water partition coefficient (Wildman–Crippen LogP) is 4.84. The Morgan fingerprint density at radius 2 is 1.69 bits per heavy atom. The number of carbonyl (C=O) groups is 2. The fraction of sp³-hybridized carbons (Fsp3) is 0.462. The number of likely N-dealkylation sites (tertiary alicyclic amines) is 1. The third kappa shape index (κ3) is 7.10. The summed E-state index contributed by atoms with van der Waals surface area (Å²) in [6.45, 7) is 8.90. The molecule has 1 saturated heterocycles. The highest BCUT2D eigenvalue weighted by Gasteiger charge is 2.33. The lowest BCUT2D eigenvalue weighted by atomic mass is 9.89. The van der Waals surface area contributed by atoms with Crippen molar-refractivity contribution in [3.05, 3.63) is 53.6 Å². The maximum Gasteiger partial charge on any atom is 0.405 e. The van der Waals surface area contributed by atoms with Gasteiger partial charge in [0.2, 0.25) is 5.91 Å². The lowest BCUT2D eigenvalue weighted by Crippen LogP contribution is -2.45. The molecule has 9 heteroatoms. The van der Waals surface area contributed by atoms with Crippen molar-refractivity contribution in [2.75, 3.05) is 31.1 Å². The molecule has 0 radical (unpaired) electrons. The van der Waals surface area contributed by atoms with Gasteiger partial charge in [0, 0.05) is 38.3 Å². The quantitative estimate of drug-likeness (QED) is 0.453. The molecule has 2 amide bonds. The molecule has 2 aliphatic rings. The maximum absolute atomic E-state index is 12.3. The Bertz CT molecular complexity index is 997. The van der Waals surface area contributed by atoms with Gasteiger partial charge >= 0.3 is 6.09 Å². The Kier molecular flexibility index (Phi) is 10.8. The number of halogens is 2. The maximum atomic E-state index is 12.3. The van der Waals surface area contributed by atoms with Gasteiger partial charge in [-0.2, -0.15) is 0 Å². The molecule has 0 bridgehead atoms. The SMILES string of the molecule is CC(=O)N1c2ccc(-c3ccc(CNCCN4CCCC4)cc3)cc2C(NC(=O)O)CC1C.Cl.Cl. The number of amides is 2. The Balaban J connectivity index is 0.00000216. The summed E-state index contributed by atoms with van der Waals surface area (Å²) in [5.41, 5.74) is 4.94. The Hall–Kier alpha value is -2.32. The molecule has 35 heavy (non-hydrogen) atoms. The van der Waals surface area contributed by atoms with Crippen LogP contribution in [0.2, 0.25) is 0 Å². The monoisotopic (exact) mass is 522 g/mol. The summed E-state index contributed by atoms with van der Waals surface area (Å²) < 4.78 is 0. The second kappa shape index (κ2) is 13.1. The van der Waals surface area contributed by atoms with Crippen molar-refractivity contribution >= 4 is 42.5 Å². The number of nitrogens with one attached hydrogen (secondary N) is 2. The van der Waals surface area contributed by atoms with Crippen molar-refractivity contribution in [1.29, 1.82) is 0 Å². The Labute approximate surface area is 220 Å². The molecule has 1 fully saturated rings. The average molecular weight is 524 g/mol. The van der Waals surface area contributed by atoms with Crippen LogP contribution in [0.3, 0.4) is 0 Å². The number of fused-ring (bicyclic) bond motifs is 1. The molecular weight excluding hydrogens is 487 g/mol. The van der Waals surface area contributed by atoms with Crippen LogP contribution in [0.1, 0.15) is 50.3 Å². The largest absolute Gasteiger partial charge is 0.465 e. The van der Waals surface area contributed by atoms with Crippen molar-refractivity contribution < 1.29 is 14.7 Å². The third-order valence-electron chi connectivity index (χ3n) is 6.74. The molecule has 7 nitrogen and oxygen atoms in total. The first-order valence-corrected chi connectivity index (χ1v) is 11.9. The average Bonchev–Trinajstić information content (AvgIpc) is 3.30. The fourth-order valence-electron chi connectivity index (χ4n) is 5.10. The normalized spacial score (nSPS) is 19.3. The zero-order chi connectivity index (χ0) is 23.4. The lowest BCUT2D eigenvalue weighted by Gasteiger charge is -2.39. The van der Waals surface area contributed by atoms with Crippen LogP contribution in [0.5, 0.6) is 0 Å². The minimum atomic E-state index is -1.05. The van der Waals surface area contributed by atoms with Gasteiger partial charge in [-0.25, -0.2) is 4.79 Å². The number of anilines is 1. The summed E-state index contributed by atoms with van der Waals surface area (Å²) in [6.07, 6.45) is 2.14. The van der Waals surface area contributed by atoms with Crippen LogP contribution in [0, 0.1) is 0 Å². The number of benzene rings is 2. The number of carboxylic acid groups (broad SMARTS) is 1. The van der Waals surface area contributed by atoms with Gasteiger partial charge in [0.1, 0.15) is 0 Å². The first-order chi connectivity index (χ1) is 15.9. The van der Waals surface area contributed by atoms with E-state index in [-0.39, 0.29) is 42.8 Å². The summed E-state index contributed by atoms with van der Waals surface area (Å²) in [5.74, 6) is -0.0353. The van der Waals surface area contributed by atoms with Crippen molar-refractivity contribution in [2.45, 2.75) is 51.7 Å². The molecule has 2 aliphatic heterocycles. The summed E-state index contributed by atoms with van der Waals surface area (Å²) in [7, 11) is 0. The van der Waals surface area contributed by atoms with Gasteiger partial charge < -0.3 is 25.5 Å². The van der Waals surface area contributed by atoms with Crippen molar-refractivity contribution in [1.82, 2.24) is 15.5 Å². The zero-order valence-electron chi connectivity index (χ0n) is 20.3. The van der Waals surface area contributed by atoms with Crippen LogP contribution in [0.15, 0.2) is 42.5 Å². The number of nitrogens with zero attached hydrogens (tertiary/aromatic N) is 2. The fourth-order valence-corrected chi connectivity index (χ4v) is 5.10. The first kappa shape index (κ1) is 28.9. The van der Waals surface area contributed by atoms with Gasteiger partial charge in [-0.05, 0) is 73.7 Å². The highest BCUT2D eigenvalue weighted by atomic mass is 35.5. The summed E-state index contributed by atoms with van der Waals surface area (Å²) >= 11 is 0. The molecule has 0 aliphatic carbocycles. The van der Waals surface area contributed by atoms with Crippen LogP contribution in [0.25, 0.3) is 11.1 Å². The molecule has 2 aromatic carbocycles. The van der Waals surface area contributed by atoms with E-state index in [4.69, 9.17) is 0 Å². The predicted molar refractivity (Wildman–Crippen MR) is 145 cm³/mol. The molecule has 0 spiro atoms. The van der Waals surface area contributed by atoms with E-state index in [0.29, 0.717) is 6.42 Å². The van der Waals surface area contributed by atoms with Crippen LogP contribution < -0.4 is 15.5 Å². The van der Waals surface area contributed by atoms with E-state index in [9.17, 15) is 14.7 Å². The molecule has 2 unspecified atom stereocenters. The highest BCUT2D eigenvalue weighted by molar-refractivity contribution is 5.94. The van der Waals surface area contributed by atoms with E-state index in [0.717, 1.165) is 42.0 Å². The minimum Gasteiger partial charge on any atom is -0.465 e. The summed E-state index contributed by atoms with van der Waals surface area (Å²) in [4.78, 5) is 27.9. The van der Waals surface area contributed by atoms with Crippen molar-refractivity contribution in [3.8, 4) is 11.1 Å². The van der Waals surface area contributed by atoms with Crippen LogP contribution in [-0.4, -0.2) is 54.2 Å². The zero-order valence-corrected chi connectivity index (χ0v) is 22.0. The van der Waals surface area contributed by atoms with E-state index >= 15 is 0 Å². The van der Waals surface area contributed by atoms with Gasteiger partial charge in [-0.15, -0.1) is 24.8 Å². The molecule has 0 aromatic heterocycles. The second-order valence-corrected chi connectivity index (χ2v) is 9.17. The van der Waals surface area contributed by atoms with Crippen LogP contribution >= 0.6 is 24.8 Å². The second-order valence-electron chi connectivity index (χ2n) is 9.17. The van der Waals surface area contributed by atoms with E-state index in [1.54, 1.807) is 11.8 Å². The Morgan fingerprint density at radius 1 is 1.03 bits per heavy atom. The van der Waals surface area contributed by atoms with Crippen LogP contribution in [0.4, 0.5) is 10.5 Å². The number of hydrogen-bond donors (Lipinski definition) is 3. The van der Waals surface area contributed by atoms with Gasteiger partial charge in [0.25, 0.3) is 0 Å². The summed E-state index contributed by atoms with van der Waals surface area (Å²) in [6, 6.07) is 14.0. The van der Waals surface area contributed by atoms with E-state index < -0.39 is 6.09 Å². The molecule has 0 saturated carbocycles. The smallest absolute Gasteiger partial charge is 0.405 e. The topological polar surface area (TPSA) is 84.9 Å². The van der Waals surface area contributed by atoms with E-state index in [2.05, 4.69) is 39.8 Å². The van der Waals surface area contributed by atoms with Crippen molar-refractivity contribution in [2.24, 2.45) is 0 Å². The van der Waals surface area contributed by atoms with Gasteiger partial charge in [-0.3, -0.25) is 4.79 Å². The molecule has 4 rings (SSSR count). The third-order valence-corrected chi connectivity index (χ3v) is 6.74. The van der Waals surface area contributed by atoms with Crippen LogP contribution in [-0.2, 0) is 11.3 Å². The minimum absolute atomic E-state index is 0. The van der Waals surface area contributed by atoms with Gasteiger partial charge in [-0.1, -0.05) is 30.3 Å². The van der Waals surface area contributed by atoms with E-state index in [1.165, 1.54) is 31.5 Å². The standard InChI is InChI=1S/C26H34N4O3.2ClH/c1-18-15-24(28-26(32)33)23-16-22(9-10-25(23)30(18)19(2)31)21-7-5-20(6-8-21)17-27-11-14-29-12-3-4-13-29;;/h5-10,16,18,24,27-28H,3-4,11-15,17H2,1-2H3,(H,32,33);2*1H. The van der Waals surface area contributed by atoms with Gasteiger partial charge in [0.05, 0.1) is 6.04 Å². The molecule has 2 aromatic rings. The van der Waals surface area contributed by atoms with Gasteiger partial charge in [0.15, 0.2) is 0 Å². The summed E-state index contributed by atoms with van der Waals surface area (Å²) in [5, 5.41) is 15.5. The van der Waals surface area contributed by atoms with Crippen molar-refractivity contribution in [3.63, 3.8) is 0 Å². The molecule has 3 N–H and O–H groups in total. The lowest BCUT2D eigenvalue weighted by molar-refractivity contribution is -0.117. The number of carbonyl (C=O) groups excluding carboxylic acids is 1. The molecule has 2 atom stereocenters. The Morgan fingerprint density at radius 3 is 2.31 bits per heavy atom. The molecule has 2 heterocycles. The van der Waals surface area contributed by atoms with E-state index in [1.807, 2.05) is 25.1 Å². The number of rotatable bonds is 7. The highest BCUT2D eigenvalue weighted by Crippen LogP contribution is 2.39. The number of hydrogen-bond acceptors (Lipinski definition) is 4. The molecule has 192 valence electrons.